The Kier molecular flexibility index (Phi) is 5.66. The van der Waals surface area contributed by atoms with Crippen molar-refractivity contribution < 1.29 is 44.2 Å². The lowest BCUT2D eigenvalue weighted by Crippen LogP contribution is -2.60. The molecule has 9 unspecified atom stereocenters. The summed E-state index contributed by atoms with van der Waals surface area (Å²) in [6.45, 7) is 5.01. The van der Waals surface area contributed by atoms with Crippen LogP contribution in [-0.4, -0.2) is 76.1 Å². The van der Waals surface area contributed by atoms with Gasteiger partial charge in [-0.3, -0.25) is 0 Å². The van der Waals surface area contributed by atoms with Gasteiger partial charge in [0.2, 0.25) is 6.29 Å². The van der Waals surface area contributed by atoms with Gasteiger partial charge in [0.1, 0.15) is 24.4 Å². The minimum Gasteiger partial charge on any atom is -0.471 e. The van der Waals surface area contributed by atoms with Gasteiger partial charge in [-0.25, -0.2) is 4.79 Å². The molecule has 2 fully saturated rings. The highest BCUT2D eigenvalue weighted by Crippen LogP contribution is 2.40. The predicted octanol–water partition coefficient (Wildman–Crippen LogP) is -1.20. The summed E-state index contributed by atoms with van der Waals surface area (Å²) in [4.78, 5) is 12.0. The van der Waals surface area contributed by atoms with Crippen LogP contribution in [0.2, 0.25) is 0 Å². The van der Waals surface area contributed by atoms with Crippen molar-refractivity contribution in [3.8, 4) is 0 Å². The van der Waals surface area contributed by atoms with Crippen LogP contribution in [0, 0.1) is 11.8 Å². The predicted molar refractivity (Wildman–Crippen MR) is 85.2 cm³/mol. The van der Waals surface area contributed by atoms with Gasteiger partial charge in [-0.2, -0.15) is 0 Å². The van der Waals surface area contributed by atoms with Crippen LogP contribution in [0.4, 0.5) is 0 Å². The minimum absolute atomic E-state index is 0.229. The molecule has 3 heterocycles. The minimum atomic E-state index is -1.55. The van der Waals surface area contributed by atoms with E-state index in [1.165, 1.54) is 6.26 Å². The van der Waals surface area contributed by atoms with Gasteiger partial charge in [-0.05, 0) is 13.3 Å². The van der Waals surface area contributed by atoms with Crippen molar-refractivity contribution in [3.63, 3.8) is 0 Å². The van der Waals surface area contributed by atoms with Gasteiger partial charge in [0.15, 0.2) is 6.29 Å². The lowest BCUT2D eigenvalue weighted by atomic mass is 9.79. The molecule has 2 saturated heterocycles. The molecule has 0 saturated carbocycles. The number of hydrogen-bond donors (Lipinski definition) is 4. The summed E-state index contributed by atoms with van der Waals surface area (Å²) < 4.78 is 21.7. The number of carbonyl (C=O) groups excluding carboxylic acids is 1. The van der Waals surface area contributed by atoms with Crippen LogP contribution in [0.25, 0.3) is 0 Å². The van der Waals surface area contributed by atoms with Crippen molar-refractivity contribution in [3.05, 3.63) is 24.5 Å². The number of aliphatic hydroxyl groups excluding tert-OH is 4. The van der Waals surface area contributed by atoms with Crippen LogP contribution < -0.4 is 0 Å². The lowest BCUT2D eigenvalue weighted by Gasteiger charge is -2.44. The summed E-state index contributed by atoms with van der Waals surface area (Å²) in [6.07, 6.45) is -4.75. The van der Waals surface area contributed by atoms with E-state index in [2.05, 4.69) is 6.58 Å². The van der Waals surface area contributed by atoms with E-state index in [1.54, 1.807) is 13.0 Å². The van der Waals surface area contributed by atoms with Gasteiger partial charge in [0.05, 0.1) is 24.5 Å². The van der Waals surface area contributed by atoms with E-state index in [-0.39, 0.29) is 12.0 Å². The van der Waals surface area contributed by atoms with Crippen molar-refractivity contribution >= 4 is 5.97 Å². The van der Waals surface area contributed by atoms with E-state index in [4.69, 9.17) is 18.9 Å². The molecule has 9 nitrogen and oxygen atoms in total. The van der Waals surface area contributed by atoms with Crippen LogP contribution in [0.3, 0.4) is 0 Å². The number of rotatable bonds is 4. The SMILES string of the molecule is C=CC1C(OC2OC(CO)C(O)C(O)C2O)OC=C2C(=O)OC(C)CC21. The van der Waals surface area contributed by atoms with Gasteiger partial charge in [-0.1, -0.05) is 6.08 Å². The Morgan fingerprint density at radius 2 is 2.00 bits per heavy atom. The fourth-order valence-electron chi connectivity index (χ4n) is 3.57. The first-order valence-electron chi connectivity index (χ1n) is 8.52. The third-order valence-corrected chi connectivity index (χ3v) is 5.03. The van der Waals surface area contributed by atoms with E-state index in [0.717, 1.165) is 0 Å². The highest BCUT2D eigenvalue weighted by atomic mass is 16.8. The Hall–Kier alpha value is -1.49. The van der Waals surface area contributed by atoms with E-state index in [1.807, 2.05) is 0 Å². The van der Waals surface area contributed by atoms with Crippen LogP contribution >= 0.6 is 0 Å². The van der Waals surface area contributed by atoms with Crippen molar-refractivity contribution in [1.82, 2.24) is 0 Å². The number of aliphatic hydroxyl groups is 4. The van der Waals surface area contributed by atoms with E-state index in [0.29, 0.717) is 12.0 Å². The second-order valence-electron chi connectivity index (χ2n) is 6.78. The average Bonchev–Trinajstić information content (AvgIpc) is 2.61. The summed E-state index contributed by atoms with van der Waals surface area (Å²) in [5, 5.41) is 39.1. The Morgan fingerprint density at radius 1 is 1.27 bits per heavy atom. The van der Waals surface area contributed by atoms with Crippen molar-refractivity contribution in [1.29, 1.82) is 0 Å². The fraction of sp³-hybridized carbons (Fsp3) is 0.706. The monoisotopic (exact) mass is 372 g/mol. The maximum Gasteiger partial charge on any atom is 0.337 e. The zero-order valence-electron chi connectivity index (χ0n) is 14.3. The van der Waals surface area contributed by atoms with Gasteiger partial charge in [0.25, 0.3) is 0 Å². The molecule has 0 amide bonds. The van der Waals surface area contributed by atoms with Crippen molar-refractivity contribution in [2.75, 3.05) is 6.61 Å². The molecule has 4 N–H and O–H groups in total. The highest BCUT2D eigenvalue weighted by Gasteiger charge is 2.48. The van der Waals surface area contributed by atoms with Crippen LogP contribution in [0.1, 0.15) is 13.3 Å². The zero-order valence-corrected chi connectivity index (χ0v) is 14.3. The van der Waals surface area contributed by atoms with E-state index < -0.39 is 55.5 Å². The normalized spacial score (nSPS) is 45.8. The first-order valence-corrected chi connectivity index (χ1v) is 8.52. The topological polar surface area (TPSA) is 135 Å². The summed E-state index contributed by atoms with van der Waals surface area (Å²) in [5.74, 6) is -1.10. The number of hydrogen-bond acceptors (Lipinski definition) is 9. The number of fused-ring (bicyclic) bond motifs is 1. The molecule has 0 bridgehead atoms. The zero-order chi connectivity index (χ0) is 19.0. The molecular formula is C17H24O9. The summed E-state index contributed by atoms with van der Waals surface area (Å²) in [5.41, 5.74) is 0.390. The fourth-order valence-corrected chi connectivity index (χ4v) is 3.57. The standard InChI is InChI=1S/C17H24O9/c1-3-8-9-4-7(2)24-15(22)10(9)6-23-16(8)26-17-14(21)13(20)12(19)11(5-18)25-17/h3,6-9,11-14,16-21H,1,4-5H2,2H3. The van der Waals surface area contributed by atoms with E-state index >= 15 is 0 Å². The third kappa shape index (κ3) is 3.38. The van der Waals surface area contributed by atoms with E-state index in [9.17, 15) is 25.2 Å². The number of cyclic esters (lactones) is 1. The number of esters is 1. The second kappa shape index (κ2) is 7.63. The van der Waals surface area contributed by atoms with Crippen LogP contribution in [0.15, 0.2) is 24.5 Å². The molecule has 26 heavy (non-hydrogen) atoms. The molecule has 0 aromatic carbocycles. The molecule has 0 aromatic heterocycles. The highest BCUT2D eigenvalue weighted by molar-refractivity contribution is 5.90. The maximum atomic E-state index is 12.0. The van der Waals surface area contributed by atoms with Crippen LogP contribution in [-0.2, 0) is 23.7 Å². The van der Waals surface area contributed by atoms with Gasteiger partial charge in [-0.15, -0.1) is 6.58 Å². The maximum absolute atomic E-state index is 12.0. The van der Waals surface area contributed by atoms with Gasteiger partial charge >= 0.3 is 5.97 Å². The Balaban J connectivity index is 1.77. The first kappa shape index (κ1) is 19.3. The summed E-state index contributed by atoms with van der Waals surface area (Å²) in [6, 6.07) is 0. The molecule has 3 aliphatic rings. The van der Waals surface area contributed by atoms with Crippen molar-refractivity contribution in [2.45, 2.75) is 56.4 Å². The molecule has 3 rings (SSSR count). The smallest absolute Gasteiger partial charge is 0.337 e. The molecule has 0 aromatic rings. The molecule has 9 atom stereocenters. The van der Waals surface area contributed by atoms with Gasteiger partial charge in [0, 0.05) is 11.8 Å². The Morgan fingerprint density at radius 3 is 2.65 bits per heavy atom. The van der Waals surface area contributed by atoms with Crippen molar-refractivity contribution in [2.24, 2.45) is 11.8 Å². The third-order valence-electron chi connectivity index (χ3n) is 5.03. The average molecular weight is 372 g/mol. The molecule has 9 heteroatoms. The van der Waals surface area contributed by atoms with Crippen LogP contribution in [0.5, 0.6) is 0 Å². The Labute approximate surface area is 150 Å². The summed E-state index contributed by atoms with van der Waals surface area (Å²) in [7, 11) is 0. The quantitative estimate of drug-likeness (QED) is 0.354. The molecule has 0 radical (unpaired) electrons. The van der Waals surface area contributed by atoms with Gasteiger partial charge < -0.3 is 39.4 Å². The molecular weight excluding hydrogens is 348 g/mol. The second-order valence-corrected chi connectivity index (χ2v) is 6.78. The molecule has 0 aliphatic carbocycles. The Bertz CT molecular complexity index is 575. The number of carbonyl (C=O) groups is 1. The largest absolute Gasteiger partial charge is 0.471 e. The number of ether oxygens (including phenoxy) is 4. The molecule has 3 aliphatic heterocycles. The molecule has 0 spiro atoms. The molecule has 146 valence electrons. The lowest BCUT2D eigenvalue weighted by molar-refractivity contribution is -0.339. The summed E-state index contributed by atoms with van der Waals surface area (Å²) >= 11 is 0. The first-order chi connectivity index (χ1) is 12.4.